The Morgan fingerprint density at radius 1 is 0.605 bits per heavy atom. The number of hydrogen-bond acceptors (Lipinski definition) is 6. The van der Waals surface area contributed by atoms with Crippen LogP contribution in [0.25, 0.3) is 0 Å². The molecule has 0 saturated carbocycles. The number of carbonyl (C=O) groups is 2. The van der Waals surface area contributed by atoms with Crippen LogP contribution < -0.4 is 9.47 Å². The summed E-state index contributed by atoms with van der Waals surface area (Å²) in [4.78, 5) is 32.4. The van der Waals surface area contributed by atoms with Gasteiger partial charge in [0, 0.05) is 36.1 Å². The summed E-state index contributed by atoms with van der Waals surface area (Å²) in [7, 11) is 3.27. The third-order valence-corrected chi connectivity index (χ3v) is 8.21. The number of piperidine rings is 2. The van der Waals surface area contributed by atoms with Crippen molar-refractivity contribution in [3.8, 4) is 11.5 Å². The summed E-state index contributed by atoms with van der Waals surface area (Å²) >= 11 is 0. The van der Waals surface area contributed by atoms with Crippen molar-refractivity contribution in [3.63, 3.8) is 0 Å². The molecule has 2 saturated heterocycles. The Morgan fingerprint density at radius 2 is 0.947 bits per heavy atom. The zero-order valence-corrected chi connectivity index (χ0v) is 23.2. The van der Waals surface area contributed by atoms with Crippen LogP contribution in [-0.4, -0.2) is 74.9 Å². The number of benzene rings is 2. The molecule has 38 heavy (non-hydrogen) atoms. The van der Waals surface area contributed by atoms with E-state index in [1.54, 1.807) is 14.2 Å². The number of likely N-dealkylation sites (tertiary alicyclic amines) is 2. The van der Waals surface area contributed by atoms with Gasteiger partial charge in [-0.2, -0.15) is 0 Å². The molecule has 2 aromatic carbocycles. The first kappa shape index (κ1) is 28.3. The molecule has 0 bridgehead atoms. The van der Waals surface area contributed by atoms with Gasteiger partial charge >= 0.3 is 0 Å². The quantitative estimate of drug-likeness (QED) is 0.313. The van der Waals surface area contributed by atoms with Crippen LogP contribution in [0, 0.1) is 11.8 Å². The van der Waals surface area contributed by atoms with Crippen molar-refractivity contribution in [1.29, 1.82) is 0 Å². The molecule has 2 atom stereocenters. The highest BCUT2D eigenvalue weighted by molar-refractivity contribution is 5.99. The van der Waals surface area contributed by atoms with Crippen molar-refractivity contribution >= 4 is 11.6 Å². The molecule has 2 aliphatic heterocycles. The summed E-state index contributed by atoms with van der Waals surface area (Å²) < 4.78 is 10.6. The van der Waals surface area contributed by atoms with Gasteiger partial charge in [0.15, 0.2) is 11.6 Å². The minimum atomic E-state index is -0.131. The molecule has 2 heterocycles. The van der Waals surface area contributed by atoms with Crippen LogP contribution in [0.3, 0.4) is 0 Å². The van der Waals surface area contributed by atoms with E-state index in [0.29, 0.717) is 12.8 Å². The van der Waals surface area contributed by atoms with Crippen LogP contribution in [0.2, 0.25) is 0 Å². The summed E-state index contributed by atoms with van der Waals surface area (Å²) in [6.07, 6.45) is 8.72. The first-order valence-electron chi connectivity index (χ1n) is 14.4. The number of Topliss-reactive ketones (excluding diaryl/α,β-unsaturated/α-hetero) is 2. The van der Waals surface area contributed by atoms with Gasteiger partial charge in [0.05, 0.1) is 14.2 Å². The number of nitrogens with zero attached hydrogens (tertiary/aromatic N) is 2. The highest BCUT2D eigenvalue weighted by atomic mass is 16.5. The Morgan fingerprint density at radius 3 is 1.26 bits per heavy atom. The zero-order chi connectivity index (χ0) is 26.7. The Labute approximate surface area is 228 Å². The minimum Gasteiger partial charge on any atom is -0.497 e. The molecule has 2 aliphatic rings. The topological polar surface area (TPSA) is 59.1 Å². The van der Waals surface area contributed by atoms with Gasteiger partial charge in [-0.15, -0.1) is 0 Å². The van der Waals surface area contributed by atoms with E-state index in [1.165, 1.54) is 38.5 Å². The monoisotopic (exact) mass is 520 g/mol. The van der Waals surface area contributed by atoms with Crippen molar-refractivity contribution in [2.75, 3.05) is 53.5 Å². The molecular weight excluding hydrogens is 476 g/mol. The summed E-state index contributed by atoms with van der Waals surface area (Å²) in [6.45, 7) is 5.72. The van der Waals surface area contributed by atoms with Gasteiger partial charge in [-0.25, -0.2) is 0 Å². The Balaban J connectivity index is 1.51. The Kier molecular flexibility index (Phi) is 10.8. The Bertz CT molecular complexity index is 925. The normalized spacial score (nSPS) is 18.5. The molecule has 2 aromatic rings. The predicted molar refractivity (Wildman–Crippen MR) is 151 cm³/mol. The molecule has 0 N–H and O–H groups in total. The van der Waals surface area contributed by atoms with Crippen molar-refractivity contribution in [2.24, 2.45) is 11.8 Å². The molecule has 0 radical (unpaired) electrons. The smallest absolute Gasteiger partial charge is 0.167 e. The molecule has 2 unspecified atom stereocenters. The van der Waals surface area contributed by atoms with Crippen LogP contribution in [0.15, 0.2) is 48.5 Å². The maximum Gasteiger partial charge on any atom is 0.167 e. The van der Waals surface area contributed by atoms with E-state index in [1.807, 2.05) is 48.5 Å². The first-order valence-corrected chi connectivity index (χ1v) is 14.4. The lowest BCUT2D eigenvalue weighted by atomic mass is 9.85. The van der Waals surface area contributed by atoms with E-state index in [2.05, 4.69) is 9.80 Å². The lowest BCUT2D eigenvalue weighted by Gasteiger charge is -2.32. The number of ketones is 2. The van der Waals surface area contributed by atoms with Crippen LogP contribution in [0.5, 0.6) is 11.5 Å². The molecule has 2 fully saturated rings. The standard InChI is InChI=1S/C32H44N2O4/c1-37-29-15-11-25(12-16-29)31(35)27(23-33-19-5-3-6-20-33)9-10-28(24-34-21-7-4-8-22-34)32(36)26-13-17-30(38-2)18-14-26/h11-18,27-28H,3-10,19-24H2,1-2H3. The molecular formula is C32H44N2O4. The van der Waals surface area contributed by atoms with Gasteiger partial charge in [-0.05, 0) is 113 Å². The second-order valence-corrected chi connectivity index (χ2v) is 10.9. The van der Waals surface area contributed by atoms with E-state index in [4.69, 9.17) is 9.47 Å². The van der Waals surface area contributed by atoms with Gasteiger partial charge in [0.25, 0.3) is 0 Å². The molecule has 6 heteroatoms. The van der Waals surface area contributed by atoms with E-state index >= 15 is 0 Å². The van der Waals surface area contributed by atoms with Gasteiger partial charge in [-0.3, -0.25) is 9.59 Å². The summed E-state index contributed by atoms with van der Waals surface area (Å²) in [5, 5.41) is 0. The largest absolute Gasteiger partial charge is 0.497 e. The van der Waals surface area contributed by atoms with Crippen molar-refractivity contribution in [2.45, 2.75) is 51.4 Å². The summed E-state index contributed by atoms with van der Waals surface area (Å²) in [5.74, 6) is 1.59. The number of ether oxygens (including phenoxy) is 2. The summed E-state index contributed by atoms with van der Waals surface area (Å²) in [6, 6.07) is 14.9. The molecule has 0 spiro atoms. The lowest BCUT2D eigenvalue weighted by Crippen LogP contribution is -2.39. The van der Waals surface area contributed by atoms with Gasteiger partial charge in [0.2, 0.25) is 0 Å². The van der Waals surface area contributed by atoms with E-state index in [-0.39, 0.29) is 23.4 Å². The molecule has 0 aliphatic carbocycles. The third-order valence-electron chi connectivity index (χ3n) is 8.21. The Hall–Kier alpha value is -2.70. The van der Waals surface area contributed by atoms with E-state index < -0.39 is 0 Å². The van der Waals surface area contributed by atoms with Crippen LogP contribution in [0.1, 0.15) is 72.1 Å². The average Bonchev–Trinajstić information content (AvgIpc) is 2.99. The average molecular weight is 521 g/mol. The fraction of sp³-hybridized carbons (Fsp3) is 0.562. The second-order valence-electron chi connectivity index (χ2n) is 10.9. The van der Waals surface area contributed by atoms with Crippen LogP contribution >= 0.6 is 0 Å². The molecule has 0 amide bonds. The van der Waals surface area contributed by atoms with Crippen LogP contribution in [-0.2, 0) is 0 Å². The highest BCUT2D eigenvalue weighted by Gasteiger charge is 2.29. The number of methoxy groups -OCH3 is 2. The van der Waals surface area contributed by atoms with Crippen molar-refractivity contribution in [3.05, 3.63) is 59.7 Å². The lowest BCUT2D eigenvalue weighted by molar-refractivity contribution is 0.0793. The first-order chi connectivity index (χ1) is 18.6. The molecule has 0 aromatic heterocycles. The number of carbonyl (C=O) groups excluding carboxylic acids is 2. The molecule has 6 nitrogen and oxygen atoms in total. The van der Waals surface area contributed by atoms with Gasteiger partial charge in [-0.1, -0.05) is 12.8 Å². The number of hydrogen-bond donors (Lipinski definition) is 0. The third kappa shape index (κ3) is 7.90. The zero-order valence-electron chi connectivity index (χ0n) is 23.2. The summed E-state index contributed by atoms with van der Waals surface area (Å²) in [5.41, 5.74) is 1.45. The highest BCUT2D eigenvalue weighted by Crippen LogP contribution is 2.26. The maximum absolute atomic E-state index is 13.8. The van der Waals surface area contributed by atoms with E-state index in [0.717, 1.165) is 61.9 Å². The SMILES string of the molecule is COc1ccc(C(=O)C(CCC(CN2CCCCC2)C(=O)c2ccc(OC)cc2)CN2CCCCC2)cc1. The van der Waals surface area contributed by atoms with E-state index in [9.17, 15) is 9.59 Å². The predicted octanol–water partition coefficient (Wildman–Crippen LogP) is 5.75. The second kappa shape index (κ2) is 14.5. The maximum atomic E-state index is 13.8. The molecule has 206 valence electrons. The van der Waals surface area contributed by atoms with Gasteiger partial charge < -0.3 is 19.3 Å². The van der Waals surface area contributed by atoms with Crippen molar-refractivity contribution in [1.82, 2.24) is 9.80 Å². The minimum absolute atomic E-state index is 0.131. The molecule has 4 rings (SSSR count). The number of rotatable bonds is 13. The van der Waals surface area contributed by atoms with Gasteiger partial charge in [0.1, 0.15) is 11.5 Å². The van der Waals surface area contributed by atoms with Crippen molar-refractivity contribution < 1.29 is 19.1 Å². The van der Waals surface area contributed by atoms with Crippen LogP contribution in [0.4, 0.5) is 0 Å². The fourth-order valence-electron chi connectivity index (χ4n) is 5.90. The fourth-order valence-corrected chi connectivity index (χ4v) is 5.90.